The molecule has 2 rings (SSSR count). The van der Waals surface area contributed by atoms with E-state index in [1.165, 1.54) is 11.3 Å². The summed E-state index contributed by atoms with van der Waals surface area (Å²) in [5.41, 5.74) is 2.07. The van der Waals surface area contributed by atoms with Crippen LogP contribution >= 0.6 is 23.1 Å². The van der Waals surface area contributed by atoms with Crippen LogP contribution in [0.25, 0.3) is 0 Å². The van der Waals surface area contributed by atoms with Crippen LogP contribution in [0.1, 0.15) is 30.5 Å². The highest BCUT2D eigenvalue weighted by molar-refractivity contribution is 7.97. The van der Waals surface area contributed by atoms with E-state index >= 15 is 0 Å². The Morgan fingerprint density at radius 1 is 1.40 bits per heavy atom. The van der Waals surface area contributed by atoms with Gasteiger partial charge in [-0.05, 0) is 18.2 Å². The number of aromatic nitrogens is 1. The average molecular weight is 306 g/mol. The molecule has 0 aliphatic rings. The van der Waals surface area contributed by atoms with Gasteiger partial charge in [-0.3, -0.25) is 4.79 Å². The number of thioether (sulfide) groups is 1. The number of hydrogen-bond donors (Lipinski definition) is 1. The molecule has 0 fully saturated rings. The van der Waals surface area contributed by atoms with E-state index in [0.717, 1.165) is 23.4 Å². The van der Waals surface area contributed by atoms with Crippen LogP contribution < -0.4 is 5.32 Å². The molecule has 2 aromatic rings. The number of thiazole rings is 1. The number of nitrogens with one attached hydrogen (secondary N) is 1. The van der Waals surface area contributed by atoms with Crippen LogP contribution in [-0.4, -0.2) is 17.1 Å². The Morgan fingerprint density at radius 3 is 2.80 bits per heavy atom. The molecule has 0 aliphatic carbocycles. The Kier molecular flexibility index (Phi) is 5.61. The van der Waals surface area contributed by atoms with Gasteiger partial charge >= 0.3 is 0 Å². The monoisotopic (exact) mass is 306 g/mol. The predicted molar refractivity (Wildman–Crippen MR) is 87.4 cm³/mol. The zero-order valence-electron chi connectivity index (χ0n) is 11.6. The first-order valence-corrected chi connectivity index (χ1v) is 8.81. The second kappa shape index (κ2) is 7.45. The number of amides is 1. The summed E-state index contributed by atoms with van der Waals surface area (Å²) < 4.78 is 0. The van der Waals surface area contributed by atoms with E-state index in [2.05, 4.69) is 10.3 Å². The minimum absolute atomic E-state index is 0.0174. The highest BCUT2D eigenvalue weighted by Gasteiger charge is 2.19. The lowest BCUT2D eigenvalue weighted by atomic mass is 9.96. The second-order valence-corrected chi connectivity index (χ2v) is 6.16. The number of hydrogen-bond acceptors (Lipinski definition) is 4. The molecular formula is C15H18N2OS2. The third-order valence-electron chi connectivity index (χ3n) is 3.00. The first-order chi connectivity index (χ1) is 9.74. The van der Waals surface area contributed by atoms with Crippen molar-refractivity contribution in [1.29, 1.82) is 0 Å². The zero-order chi connectivity index (χ0) is 14.4. The van der Waals surface area contributed by atoms with Gasteiger partial charge in [0.2, 0.25) is 5.91 Å². The van der Waals surface area contributed by atoms with Crippen LogP contribution in [0.5, 0.6) is 0 Å². The highest BCUT2D eigenvalue weighted by Crippen LogP contribution is 2.23. The van der Waals surface area contributed by atoms with Gasteiger partial charge in [-0.1, -0.05) is 37.3 Å². The van der Waals surface area contributed by atoms with Crippen molar-refractivity contribution in [3.63, 3.8) is 0 Å². The van der Waals surface area contributed by atoms with Crippen molar-refractivity contribution in [3.05, 3.63) is 47.0 Å². The van der Waals surface area contributed by atoms with Crippen LogP contribution in [0.2, 0.25) is 0 Å². The fraction of sp³-hybridized carbons (Fsp3) is 0.333. The molecule has 0 saturated heterocycles. The van der Waals surface area contributed by atoms with Crippen molar-refractivity contribution in [1.82, 2.24) is 4.98 Å². The standard InChI is InChI=1S/C15H18N2OS2/c1-3-13(11-7-5-4-6-8-11)14(18)17-15-16-12(9-19-2)10-20-15/h4-8,10,13H,3,9H2,1-2H3,(H,16,17,18). The van der Waals surface area contributed by atoms with Crippen molar-refractivity contribution in [2.45, 2.75) is 25.0 Å². The summed E-state index contributed by atoms with van der Waals surface area (Å²) in [4.78, 5) is 16.8. The molecular weight excluding hydrogens is 288 g/mol. The molecule has 1 unspecified atom stereocenters. The maximum atomic E-state index is 12.4. The Morgan fingerprint density at radius 2 is 2.15 bits per heavy atom. The quantitative estimate of drug-likeness (QED) is 0.872. The molecule has 1 amide bonds. The fourth-order valence-electron chi connectivity index (χ4n) is 2.03. The average Bonchev–Trinajstić information content (AvgIpc) is 2.88. The van der Waals surface area contributed by atoms with Crippen molar-refractivity contribution >= 4 is 34.1 Å². The minimum Gasteiger partial charge on any atom is -0.301 e. The molecule has 1 N–H and O–H groups in total. The minimum atomic E-state index is -0.121. The topological polar surface area (TPSA) is 42.0 Å². The normalized spacial score (nSPS) is 12.1. The number of benzene rings is 1. The van der Waals surface area contributed by atoms with Gasteiger partial charge in [0, 0.05) is 11.1 Å². The van der Waals surface area contributed by atoms with Gasteiger partial charge in [-0.15, -0.1) is 11.3 Å². The van der Waals surface area contributed by atoms with E-state index in [0.29, 0.717) is 5.13 Å². The zero-order valence-corrected chi connectivity index (χ0v) is 13.3. The summed E-state index contributed by atoms with van der Waals surface area (Å²) in [5.74, 6) is 0.773. The van der Waals surface area contributed by atoms with E-state index in [4.69, 9.17) is 0 Å². The molecule has 1 atom stereocenters. The number of carbonyl (C=O) groups excluding carboxylic acids is 1. The first kappa shape index (κ1) is 15.1. The van der Waals surface area contributed by atoms with E-state index in [1.807, 2.05) is 48.9 Å². The molecule has 3 nitrogen and oxygen atoms in total. The second-order valence-electron chi connectivity index (χ2n) is 4.44. The van der Waals surface area contributed by atoms with E-state index in [1.54, 1.807) is 11.8 Å². The summed E-state index contributed by atoms with van der Waals surface area (Å²) in [6.07, 6.45) is 2.82. The molecule has 0 bridgehead atoms. The summed E-state index contributed by atoms with van der Waals surface area (Å²) >= 11 is 3.21. The summed E-state index contributed by atoms with van der Waals surface area (Å²) in [5, 5.41) is 5.61. The van der Waals surface area contributed by atoms with Crippen molar-refractivity contribution in [2.24, 2.45) is 0 Å². The Hall–Kier alpha value is -1.33. The van der Waals surface area contributed by atoms with Crippen LogP contribution in [0.3, 0.4) is 0 Å². The Balaban J connectivity index is 2.05. The number of rotatable bonds is 6. The van der Waals surface area contributed by atoms with Gasteiger partial charge < -0.3 is 5.32 Å². The largest absolute Gasteiger partial charge is 0.301 e. The summed E-state index contributed by atoms with van der Waals surface area (Å²) in [7, 11) is 0. The van der Waals surface area contributed by atoms with Gasteiger partial charge in [0.25, 0.3) is 0 Å². The fourth-order valence-corrected chi connectivity index (χ4v) is 3.29. The first-order valence-electron chi connectivity index (χ1n) is 6.53. The lowest BCUT2D eigenvalue weighted by molar-refractivity contribution is -0.117. The molecule has 0 radical (unpaired) electrons. The van der Waals surface area contributed by atoms with Crippen LogP contribution in [0.15, 0.2) is 35.7 Å². The maximum absolute atomic E-state index is 12.4. The summed E-state index contributed by atoms with van der Waals surface area (Å²) in [6, 6.07) is 9.88. The van der Waals surface area contributed by atoms with Crippen molar-refractivity contribution in [2.75, 3.05) is 11.6 Å². The van der Waals surface area contributed by atoms with Crippen LogP contribution in [0.4, 0.5) is 5.13 Å². The Bertz CT molecular complexity index is 554. The third kappa shape index (κ3) is 3.84. The maximum Gasteiger partial charge on any atom is 0.233 e. The van der Waals surface area contributed by atoms with Crippen LogP contribution in [-0.2, 0) is 10.5 Å². The molecule has 0 saturated carbocycles. The van der Waals surface area contributed by atoms with E-state index < -0.39 is 0 Å². The number of anilines is 1. The third-order valence-corrected chi connectivity index (χ3v) is 4.39. The molecule has 1 aromatic carbocycles. The van der Waals surface area contributed by atoms with Gasteiger partial charge in [0.05, 0.1) is 11.6 Å². The molecule has 1 heterocycles. The van der Waals surface area contributed by atoms with Crippen molar-refractivity contribution < 1.29 is 4.79 Å². The number of nitrogens with zero attached hydrogens (tertiary/aromatic N) is 1. The smallest absolute Gasteiger partial charge is 0.233 e. The predicted octanol–water partition coefficient (Wildman–Crippen LogP) is 4.14. The lowest BCUT2D eigenvalue weighted by Crippen LogP contribution is -2.20. The summed E-state index contributed by atoms with van der Waals surface area (Å²) in [6.45, 7) is 2.03. The molecule has 106 valence electrons. The Labute approximate surface area is 127 Å². The van der Waals surface area contributed by atoms with Crippen LogP contribution in [0, 0.1) is 0 Å². The van der Waals surface area contributed by atoms with Gasteiger partial charge in [0.1, 0.15) is 0 Å². The van der Waals surface area contributed by atoms with Gasteiger partial charge in [-0.25, -0.2) is 4.98 Å². The molecule has 1 aromatic heterocycles. The van der Waals surface area contributed by atoms with Crippen molar-refractivity contribution in [3.8, 4) is 0 Å². The number of carbonyl (C=O) groups is 1. The molecule has 20 heavy (non-hydrogen) atoms. The molecule has 0 aliphatic heterocycles. The SMILES string of the molecule is CCC(C(=O)Nc1nc(CSC)cs1)c1ccccc1. The lowest BCUT2D eigenvalue weighted by Gasteiger charge is -2.14. The van der Waals surface area contributed by atoms with Gasteiger partial charge in [-0.2, -0.15) is 11.8 Å². The van der Waals surface area contributed by atoms with E-state index in [-0.39, 0.29) is 11.8 Å². The van der Waals surface area contributed by atoms with E-state index in [9.17, 15) is 4.79 Å². The highest BCUT2D eigenvalue weighted by atomic mass is 32.2. The molecule has 5 heteroatoms. The molecule has 0 spiro atoms. The van der Waals surface area contributed by atoms with Gasteiger partial charge in [0.15, 0.2) is 5.13 Å².